The fraction of sp³-hybridized carbons (Fsp3) is 0.529. The van der Waals surface area contributed by atoms with Crippen molar-refractivity contribution in [2.45, 2.75) is 24.6 Å². The van der Waals surface area contributed by atoms with Crippen molar-refractivity contribution in [3.8, 4) is 6.01 Å². The highest BCUT2D eigenvalue weighted by molar-refractivity contribution is 7.93. The van der Waals surface area contributed by atoms with Gasteiger partial charge in [-0.1, -0.05) is 0 Å². The molecule has 1 unspecified atom stereocenters. The van der Waals surface area contributed by atoms with Crippen molar-refractivity contribution >= 4 is 21.2 Å². The minimum absolute atomic E-state index is 0.00184. The molecule has 25 heavy (non-hydrogen) atoms. The molecule has 0 bridgehead atoms. The molecule has 0 aliphatic carbocycles. The van der Waals surface area contributed by atoms with Gasteiger partial charge in [0.05, 0.1) is 12.4 Å². The fourth-order valence-corrected chi connectivity index (χ4v) is 7.24. The molecular weight excluding hydrogens is 358 g/mol. The van der Waals surface area contributed by atoms with E-state index in [9.17, 15) is 8.42 Å². The first-order chi connectivity index (χ1) is 12.0. The van der Waals surface area contributed by atoms with E-state index in [1.54, 1.807) is 29.8 Å². The van der Waals surface area contributed by atoms with Gasteiger partial charge >= 0.3 is 6.01 Å². The molecule has 2 aliphatic heterocycles. The zero-order chi connectivity index (χ0) is 17.5. The van der Waals surface area contributed by atoms with Crippen LogP contribution in [0.3, 0.4) is 0 Å². The number of ether oxygens (including phenoxy) is 1. The molecule has 0 amide bonds. The fourth-order valence-electron chi connectivity index (χ4n) is 3.83. The van der Waals surface area contributed by atoms with Crippen molar-refractivity contribution in [3.63, 3.8) is 0 Å². The van der Waals surface area contributed by atoms with Gasteiger partial charge in [0.1, 0.15) is 4.75 Å². The molecule has 1 spiro atoms. The Morgan fingerprint density at radius 3 is 2.80 bits per heavy atom. The average Bonchev–Trinajstić information content (AvgIpc) is 3.08. The van der Waals surface area contributed by atoms with Gasteiger partial charge in [-0.2, -0.15) is 0 Å². The smallest absolute Gasteiger partial charge is 0.316 e. The molecule has 8 heteroatoms. The lowest BCUT2D eigenvalue weighted by molar-refractivity contribution is 0.0578. The number of nitrogens with zero attached hydrogens (tertiary/aromatic N) is 3. The predicted octanol–water partition coefficient (Wildman–Crippen LogP) is 1.91. The first-order valence-corrected chi connectivity index (χ1v) is 10.9. The SMILES string of the molecule is Cc1ccsc1CN1CC2(C1)C(COc1ncccn1)CCS2(=O)=O. The van der Waals surface area contributed by atoms with E-state index in [4.69, 9.17) is 4.74 Å². The van der Waals surface area contributed by atoms with E-state index in [0.717, 1.165) is 6.54 Å². The van der Waals surface area contributed by atoms with Crippen LogP contribution in [-0.4, -0.2) is 53.5 Å². The Kier molecular flexibility index (Phi) is 4.29. The summed E-state index contributed by atoms with van der Waals surface area (Å²) in [5, 5.41) is 2.09. The number of likely N-dealkylation sites (tertiary alicyclic amines) is 1. The number of aromatic nitrogens is 2. The molecule has 0 N–H and O–H groups in total. The van der Waals surface area contributed by atoms with Crippen LogP contribution in [-0.2, 0) is 16.4 Å². The van der Waals surface area contributed by atoms with Crippen LogP contribution >= 0.6 is 11.3 Å². The van der Waals surface area contributed by atoms with E-state index < -0.39 is 14.6 Å². The maximum Gasteiger partial charge on any atom is 0.316 e. The van der Waals surface area contributed by atoms with E-state index in [-0.39, 0.29) is 11.7 Å². The molecule has 2 aliphatic rings. The highest BCUT2D eigenvalue weighted by atomic mass is 32.2. The van der Waals surface area contributed by atoms with Crippen molar-refractivity contribution in [2.24, 2.45) is 5.92 Å². The maximum absolute atomic E-state index is 12.7. The molecule has 2 aromatic heterocycles. The summed E-state index contributed by atoms with van der Waals surface area (Å²) < 4.78 is 30.4. The number of sulfone groups is 1. The summed E-state index contributed by atoms with van der Waals surface area (Å²) in [7, 11) is -3.08. The van der Waals surface area contributed by atoms with Crippen molar-refractivity contribution in [1.82, 2.24) is 14.9 Å². The number of aryl methyl sites for hydroxylation is 1. The molecule has 0 aromatic carbocycles. The van der Waals surface area contributed by atoms with E-state index >= 15 is 0 Å². The third-order valence-electron chi connectivity index (χ3n) is 5.37. The Balaban J connectivity index is 1.44. The maximum atomic E-state index is 12.7. The number of thiophene rings is 1. The summed E-state index contributed by atoms with van der Waals surface area (Å²) in [4.78, 5) is 11.6. The topological polar surface area (TPSA) is 72.4 Å². The summed E-state index contributed by atoms with van der Waals surface area (Å²) in [5.41, 5.74) is 1.28. The number of hydrogen-bond acceptors (Lipinski definition) is 7. The molecule has 134 valence electrons. The second kappa shape index (κ2) is 6.34. The number of hydrogen-bond donors (Lipinski definition) is 0. The second-order valence-electron chi connectivity index (χ2n) is 6.88. The van der Waals surface area contributed by atoms with Crippen LogP contribution in [0.2, 0.25) is 0 Å². The summed E-state index contributed by atoms with van der Waals surface area (Å²) in [6, 6.07) is 4.15. The van der Waals surface area contributed by atoms with Crippen LogP contribution in [0.15, 0.2) is 29.9 Å². The van der Waals surface area contributed by atoms with Gasteiger partial charge in [0.15, 0.2) is 9.84 Å². The molecule has 0 saturated carbocycles. The monoisotopic (exact) mass is 379 g/mol. The highest BCUT2D eigenvalue weighted by Gasteiger charge is 2.61. The van der Waals surface area contributed by atoms with Crippen LogP contribution in [0, 0.1) is 12.8 Å². The largest absolute Gasteiger partial charge is 0.463 e. The van der Waals surface area contributed by atoms with Gasteiger partial charge in [-0.05, 0) is 36.4 Å². The molecule has 6 nitrogen and oxygen atoms in total. The molecule has 2 aromatic rings. The summed E-state index contributed by atoms with van der Waals surface area (Å²) in [6.45, 7) is 4.47. The molecule has 2 saturated heterocycles. The Labute approximate surface area is 151 Å². The summed E-state index contributed by atoms with van der Waals surface area (Å²) >= 11 is 1.73. The lowest BCUT2D eigenvalue weighted by Gasteiger charge is -2.49. The lowest BCUT2D eigenvalue weighted by Crippen LogP contribution is -2.67. The molecule has 0 radical (unpaired) electrons. The predicted molar refractivity (Wildman–Crippen MR) is 96.5 cm³/mol. The minimum atomic E-state index is -3.08. The van der Waals surface area contributed by atoms with Gasteiger partial charge < -0.3 is 4.74 Å². The van der Waals surface area contributed by atoms with Crippen molar-refractivity contribution in [2.75, 3.05) is 25.4 Å². The van der Waals surface area contributed by atoms with Crippen LogP contribution in [0.1, 0.15) is 16.9 Å². The quantitative estimate of drug-likeness (QED) is 0.790. The third-order valence-corrected chi connectivity index (χ3v) is 8.98. The first-order valence-electron chi connectivity index (χ1n) is 8.38. The third kappa shape index (κ3) is 2.96. The zero-order valence-electron chi connectivity index (χ0n) is 14.1. The molecule has 1 atom stereocenters. The van der Waals surface area contributed by atoms with Crippen molar-refractivity contribution in [3.05, 3.63) is 40.3 Å². The van der Waals surface area contributed by atoms with E-state index in [1.807, 2.05) is 0 Å². The van der Waals surface area contributed by atoms with E-state index in [2.05, 4.69) is 33.2 Å². The Morgan fingerprint density at radius 1 is 1.36 bits per heavy atom. The van der Waals surface area contributed by atoms with E-state index in [0.29, 0.717) is 32.1 Å². The first kappa shape index (κ1) is 16.9. The van der Waals surface area contributed by atoms with Crippen molar-refractivity contribution < 1.29 is 13.2 Å². The Bertz CT molecular complexity index is 845. The van der Waals surface area contributed by atoms with Gasteiger partial charge in [-0.15, -0.1) is 11.3 Å². The minimum Gasteiger partial charge on any atom is -0.463 e. The standard InChI is InChI=1S/C17H21N3O3S2/c1-13-3-7-24-15(13)9-20-11-17(12-20)14(4-8-25(17,21)22)10-23-16-18-5-2-6-19-16/h2-3,5-7,14H,4,8-12H2,1H3. The molecular formula is C17H21N3O3S2. The van der Waals surface area contributed by atoms with Gasteiger partial charge in [0.2, 0.25) is 0 Å². The van der Waals surface area contributed by atoms with Crippen molar-refractivity contribution in [1.29, 1.82) is 0 Å². The van der Waals surface area contributed by atoms with E-state index in [1.165, 1.54) is 10.4 Å². The lowest BCUT2D eigenvalue weighted by atomic mass is 9.83. The Morgan fingerprint density at radius 2 is 2.12 bits per heavy atom. The summed E-state index contributed by atoms with van der Waals surface area (Å²) in [6.07, 6.45) is 3.90. The highest BCUT2D eigenvalue weighted by Crippen LogP contribution is 2.45. The molecule has 4 heterocycles. The Hall–Kier alpha value is -1.51. The van der Waals surface area contributed by atoms with Crippen LogP contribution < -0.4 is 4.74 Å². The van der Waals surface area contributed by atoms with Crippen LogP contribution in [0.25, 0.3) is 0 Å². The zero-order valence-corrected chi connectivity index (χ0v) is 15.7. The summed E-state index contributed by atoms with van der Waals surface area (Å²) in [5.74, 6) is 0.254. The van der Waals surface area contributed by atoms with Gasteiger partial charge in [0.25, 0.3) is 0 Å². The number of rotatable bonds is 5. The molecule has 2 fully saturated rings. The molecule has 4 rings (SSSR count). The average molecular weight is 380 g/mol. The van der Waals surface area contributed by atoms with Gasteiger partial charge in [-0.25, -0.2) is 18.4 Å². The second-order valence-corrected chi connectivity index (χ2v) is 10.3. The van der Waals surface area contributed by atoms with Crippen LogP contribution in [0.5, 0.6) is 6.01 Å². The van der Waals surface area contributed by atoms with Gasteiger partial charge in [-0.3, -0.25) is 4.90 Å². The van der Waals surface area contributed by atoms with Crippen LogP contribution in [0.4, 0.5) is 0 Å². The van der Waals surface area contributed by atoms with Gasteiger partial charge in [0, 0.05) is 42.8 Å². The normalized spacial score (nSPS) is 24.3.